The quantitative estimate of drug-likeness (QED) is 0.612. The van der Waals surface area contributed by atoms with E-state index in [0.717, 1.165) is 11.3 Å². The fourth-order valence-electron chi connectivity index (χ4n) is 1.46. The van der Waals surface area contributed by atoms with Crippen molar-refractivity contribution in [3.63, 3.8) is 0 Å². The van der Waals surface area contributed by atoms with Crippen molar-refractivity contribution in [1.82, 2.24) is 14.8 Å². The van der Waals surface area contributed by atoms with Gasteiger partial charge in [-0.25, -0.2) is 4.98 Å². The second-order valence-corrected chi connectivity index (χ2v) is 3.84. The highest BCUT2D eigenvalue weighted by molar-refractivity contribution is 5.68. The SMILES string of the molecule is Cc1c(C=Cc2ccc([N+](=O)[O-])cn2)cnn1C. The van der Waals surface area contributed by atoms with E-state index in [4.69, 9.17) is 0 Å². The molecule has 92 valence electrons. The van der Waals surface area contributed by atoms with Crippen molar-refractivity contribution >= 4 is 17.8 Å². The number of aryl methyl sites for hydroxylation is 1. The van der Waals surface area contributed by atoms with Gasteiger partial charge >= 0.3 is 0 Å². The Balaban J connectivity index is 2.19. The molecule has 0 aliphatic rings. The Labute approximate surface area is 104 Å². The van der Waals surface area contributed by atoms with Crippen LogP contribution in [0.4, 0.5) is 5.69 Å². The summed E-state index contributed by atoms with van der Waals surface area (Å²) in [5.74, 6) is 0. The van der Waals surface area contributed by atoms with Crippen LogP contribution in [0.25, 0.3) is 12.2 Å². The molecular formula is C12H12N4O2. The van der Waals surface area contributed by atoms with Gasteiger partial charge in [0.2, 0.25) is 0 Å². The van der Waals surface area contributed by atoms with Gasteiger partial charge in [0.15, 0.2) is 0 Å². The van der Waals surface area contributed by atoms with Crippen molar-refractivity contribution in [1.29, 1.82) is 0 Å². The van der Waals surface area contributed by atoms with E-state index in [1.165, 1.54) is 12.3 Å². The molecule has 0 aliphatic carbocycles. The van der Waals surface area contributed by atoms with E-state index in [1.807, 2.05) is 20.0 Å². The van der Waals surface area contributed by atoms with Gasteiger partial charge in [0.1, 0.15) is 6.20 Å². The lowest BCUT2D eigenvalue weighted by molar-refractivity contribution is -0.385. The van der Waals surface area contributed by atoms with Crippen LogP contribution in [-0.2, 0) is 7.05 Å². The first-order valence-electron chi connectivity index (χ1n) is 5.35. The van der Waals surface area contributed by atoms with Crippen LogP contribution in [0.15, 0.2) is 24.5 Å². The van der Waals surface area contributed by atoms with E-state index < -0.39 is 4.92 Å². The highest BCUT2D eigenvalue weighted by atomic mass is 16.6. The number of nitrogens with zero attached hydrogens (tertiary/aromatic N) is 4. The van der Waals surface area contributed by atoms with Crippen LogP contribution in [0.1, 0.15) is 17.0 Å². The minimum Gasteiger partial charge on any atom is -0.272 e. The van der Waals surface area contributed by atoms with Gasteiger partial charge in [-0.2, -0.15) is 5.10 Å². The van der Waals surface area contributed by atoms with Crippen LogP contribution in [0.2, 0.25) is 0 Å². The Bertz CT molecular complexity index is 599. The zero-order valence-electron chi connectivity index (χ0n) is 10.1. The van der Waals surface area contributed by atoms with E-state index in [-0.39, 0.29) is 5.69 Å². The van der Waals surface area contributed by atoms with Crippen LogP contribution in [0.5, 0.6) is 0 Å². The summed E-state index contributed by atoms with van der Waals surface area (Å²) < 4.78 is 1.78. The Hall–Kier alpha value is -2.50. The van der Waals surface area contributed by atoms with Gasteiger partial charge in [-0.05, 0) is 25.1 Å². The summed E-state index contributed by atoms with van der Waals surface area (Å²) in [6.07, 6.45) is 6.69. The highest BCUT2D eigenvalue weighted by Gasteiger charge is 2.04. The largest absolute Gasteiger partial charge is 0.287 e. The molecule has 2 rings (SSSR count). The van der Waals surface area contributed by atoms with Crippen molar-refractivity contribution in [3.8, 4) is 0 Å². The minimum absolute atomic E-state index is 0.00953. The molecule has 0 fully saturated rings. The van der Waals surface area contributed by atoms with Gasteiger partial charge in [-0.1, -0.05) is 0 Å². The fourth-order valence-corrected chi connectivity index (χ4v) is 1.46. The molecule has 0 spiro atoms. The molecule has 0 saturated heterocycles. The van der Waals surface area contributed by atoms with Gasteiger partial charge in [-0.3, -0.25) is 14.8 Å². The second-order valence-electron chi connectivity index (χ2n) is 3.84. The zero-order chi connectivity index (χ0) is 13.1. The lowest BCUT2D eigenvalue weighted by atomic mass is 10.2. The Morgan fingerprint density at radius 2 is 2.11 bits per heavy atom. The van der Waals surface area contributed by atoms with Crippen molar-refractivity contribution in [3.05, 3.63) is 51.6 Å². The summed E-state index contributed by atoms with van der Waals surface area (Å²) in [5, 5.41) is 14.6. The molecule has 0 N–H and O–H groups in total. The van der Waals surface area contributed by atoms with Crippen molar-refractivity contribution < 1.29 is 4.92 Å². The van der Waals surface area contributed by atoms with Crippen LogP contribution in [0.3, 0.4) is 0 Å². The van der Waals surface area contributed by atoms with Crippen LogP contribution >= 0.6 is 0 Å². The Morgan fingerprint density at radius 1 is 1.33 bits per heavy atom. The fraction of sp³-hybridized carbons (Fsp3) is 0.167. The third-order valence-electron chi connectivity index (χ3n) is 2.69. The lowest BCUT2D eigenvalue weighted by Crippen LogP contribution is -1.92. The molecule has 6 heteroatoms. The summed E-state index contributed by atoms with van der Waals surface area (Å²) in [4.78, 5) is 14.0. The molecule has 18 heavy (non-hydrogen) atoms. The standard InChI is InChI=1S/C12H12N4O2/c1-9-10(7-14-15(9)2)3-4-11-5-6-12(8-13-11)16(17)18/h3-8H,1-2H3. The van der Waals surface area contributed by atoms with Gasteiger partial charge < -0.3 is 0 Å². The van der Waals surface area contributed by atoms with Crippen molar-refractivity contribution in [2.45, 2.75) is 6.92 Å². The maximum atomic E-state index is 10.5. The second kappa shape index (κ2) is 4.79. The van der Waals surface area contributed by atoms with Gasteiger partial charge in [0.25, 0.3) is 5.69 Å². The number of aromatic nitrogens is 3. The van der Waals surface area contributed by atoms with E-state index in [9.17, 15) is 10.1 Å². The molecule has 2 heterocycles. The summed E-state index contributed by atoms with van der Waals surface area (Å²) in [5.41, 5.74) is 2.71. The molecule has 0 aromatic carbocycles. The highest BCUT2D eigenvalue weighted by Crippen LogP contribution is 2.13. The lowest BCUT2D eigenvalue weighted by Gasteiger charge is -1.95. The molecule has 0 aliphatic heterocycles. The van der Waals surface area contributed by atoms with Crippen LogP contribution in [-0.4, -0.2) is 19.7 Å². The topological polar surface area (TPSA) is 73.8 Å². The Kier molecular flexibility index (Phi) is 3.18. The van der Waals surface area contributed by atoms with E-state index in [0.29, 0.717) is 5.69 Å². The van der Waals surface area contributed by atoms with Crippen LogP contribution < -0.4 is 0 Å². The molecule has 0 radical (unpaired) electrons. The summed E-state index contributed by atoms with van der Waals surface area (Å²) in [6.45, 7) is 1.97. The van der Waals surface area contributed by atoms with Gasteiger partial charge in [-0.15, -0.1) is 0 Å². The smallest absolute Gasteiger partial charge is 0.272 e. The molecule has 0 amide bonds. The summed E-state index contributed by atoms with van der Waals surface area (Å²) in [6, 6.07) is 3.04. The number of rotatable bonds is 3. The normalized spacial score (nSPS) is 11.0. The van der Waals surface area contributed by atoms with Gasteiger partial charge in [0, 0.05) is 24.4 Å². The average molecular weight is 244 g/mol. The van der Waals surface area contributed by atoms with Gasteiger partial charge in [0.05, 0.1) is 16.8 Å². The van der Waals surface area contributed by atoms with Crippen molar-refractivity contribution in [2.24, 2.45) is 7.05 Å². The monoisotopic (exact) mass is 244 g/mol. The molecule has 2 aromatic rings. The summed E-state index contributed by atoms with van der Waals surface area (Å²) in [7, 11) is 1.87. The zero-order valence-corrected chi connectivity index (χ0v) is 10.1. The maximum Gasteiger partial charge on any atom is 0.287 e. The summed E-state index contributed by atoms with van der Waals surface area (Å²) >= 11 is 0. The number of nitro groups is 1. The first kappa shape index (κ1) is 12.0. The predicted octanol–water partition coefficient (Wildman–Crippen LogP) is 2.20. The molecular weight excluding hydrogens is 232 g/mol. The third-order valence-corrected chi connectivity index (χ3v) is 2.69. The molecule has 0 unspecified atom stereocenters. The van der Waals surface area contributed by atoms with E-state index >= 15 is 0 Å². The van der Waals surface area contributed by atoms with Crippen LogP contribution in [0, 0.1) is 17.0 Å². The third kappa shape index (κ3) is 2.42. The van der Waals surface area contributed by atoms with Crippen molar-refractivity contribution in [2.75, 3.05) is 0 Å². The number of pyridine rings is 1. The average Bonchev–Trinajstić information content (AvgIpc) is 2.68. The first-order valence-corrected chi connectivity index (χ1v) is 5.35. The Morgan fingerprint density at radius 3 is 2.61 bits per heavy atom. The van der Waals surface area contributed by atoms with E-state index in [2.05, 4.69) is 10.1 Å². The van der Waals surface area contributed by atoms with E-state index in [1.54, 1.807) is 23.0 Å². The molecule has 0 saturated carbocycles. The first-order chi connectivity index (χ1) is 8.58. The molecule has 2 aromatic heterocycles. The molecule has 6 nitrogen and oxygen atoms in total. The number of hydrogen-bond donors (Lipinski definition) is 0. The maximum absolute atomic E-state index is 10.5. The minimum atomic E-state index is -0.467. The molecule has 0 atom stereocenters. The predicted molar refractivity (Wildman–Crippen MR) is 67.8 cm³/mol. The number of hydrogen-bond acceptors (Lipinski definition) is 4. The molecule has 0 bridgehead atoms.